The van der Waals surface area contributed by atoms with E-state index in [1.807, 2.05) is 37.4 Å². The van der Waals surface area contributed by atoms with Crippen LogP contribution in [0.5, 0.6) is 0 Å². The SMILES string of the molecule is CCn1c(-c2cc(N3CCN4CCCC[C@@H]4C3)cnc2[C@H](C)OC)c(CC(C)(C)COC(C)=O)c2cc(-c3cccc(C[C@H](NC(=O)OC(C)(C)C)C(=O)OC(=O)C4CCCNN4)c3)ccc21. The van der Waals surface area contributed by atoms with Gasteiger partial charge in [0, 0.05) is 81.1 Å². The van der Waals surface area contributed by atoms with Crippen LogP contribution in [0.3, 0.4) is 0 Å². The maximum atomic E-state index is 13.7. The first-order valence-electron chi connectivity index (χ1n) is 24.1. The summed E-state index contributed by atoms with van der Waals surface area (Å²) < 4.78 is 24.9. The van der Waals surface area contributed by atoms with Crippen molar-refractivity contribution in [1.29, 1.82) is 0 Å². The maximum absolute atomic E-state index is 13.7. The van der Waals surface area contributed by atoms with E-state index in [2.05, 4.69) is 75.6 Å². The van der Waals surface area contributed by atoms with Crippen molar-refractivity contribution < 1.29 is 38.1 Å². The number of piperazine rings is 1. The second-order valence-electron chi connectivity index (χ2n) is 20.2. The van der Waals surface area contributed by atoms with Gasteiger partial charge in [-0.3, -0.25) is 20.1 Å². The lowest BCUT2D eigenvalue weighted by Gasteiger charge is -2.45. The highest BCUT2D eigenvalue weighted by Crippen LogP contribution is 2.43. The van der Waals surface area contributed by atoms with E-state index in [1.54, 1.807) is 27.9 Å². The Morgan fingerprint density at radius 3 is 2.46 bits per heavy atom. The van der Waals surface area contributed by atoms with E-state index in [9.17, 15) is 19.2 Å². The van der Waals surface area contributed by atoms with Crippen molar-refractivity contribution in [3.63, 3.8) is 0 Å². The van der Waals surface area contributed by atoms with Gasteiger partial charge in [0.2, 0.25) is 0 Å². The molecule has 15 nitrogen and oxygen atoms in total. The number of carbonyl (C=O) groups excluding carboxylic acids is 4. The first-order chi connectivity index (χ1) is 31.9. The van der Waals surface area contributed by atoms with E-state index in [1.165, 1.54) is 32.7 Å². The highest BCUT2D eigenvalue weighted by atomic mass is 16.6. The largest absolute Gasteiger partial charge is 0.465 e. The number of hydrogen-bond acceptors (Lipinski definition) is 13. The maximum Gasteiger partial charge on any atom is 0.408 e. The average Bonchev–Trinajstić information content (AvgIpc) is 3.61. The molecule has 0 aliphatic carbocycles. The quantitative estimate of drug-likeness (QED) is 0.0605. The molecule has 15 heteroatoms. The molecule has 3 saturated heterocycles. The lowest BCUT2D eigenvalue weighted by molar-refractivity contribution is -0.163. The molecule has 0 bridgehead atoms. The molecular weight excluding hydrogens is 851 g/mol. The summed E-state index contributed by atoms with van der Waals surface area (Å²) in [6.45, 7) is 20.8. The van der Waals surface area contributed by atoms with Gasteiger partial charge >= 0.3 is 24.0 Å². The van der Waals surface area contributed by atoms with Crippen LogP contribution in [0.1, 0.15) is 110 Å². The Morgan fingerprint density at radius 1 is 0.955 bits per heavy atom. The van der Waals surface area contributed by atoms with Crippen LogP contribution in [0.15, 0.2) is 54.7 Å². The van der Waals surface area contributed by atoms with Crippen LogP contribution in [0.25, 0.3) is 33.3 Å². The average molecular weight is 922 g/mol. The number of hydrogen-bond donors (Lipinski definition) is 3. The fourth-order valence-corrected chi connectivity index (χ4v) is 9.74. The number of anilines is 1. The number of amides is 1. The van der Waals surface area contributed by atoms with Gasteiger partial charge in [0.05, 0.1) is 36.0 Å². The third kappa shape index (κ3) is 12.2. The molecule has 7 rings (SSSR count). The minimum absolute atomic E-state index is 0.0450. The van der Waals surface area contributed by atoms with Gasteiger partial charge in [-0.15, -0.1) is 0 Å². The van der Waals surface area contributed by atoms with Gasteiger partial charge in [0.15, 0.2) is 0 Å². The fourth-order valence-electron chi connectivity index (χ4n) is 9.74. The highest BCUT2D eigenvalue weighted by Gasteiger charge is 2.34. The molecule has 2 aromatic heterocycles. The summed E-state index contributed by atoms with van der Waals surface area (Å²) in [5.74, 6) is -1.91. The second-order valence-corrected chi connectivity index (χ2v) is 20.2. The number of esters is 3. The Kier molecular flexibility index (Phi) is 15.8. The number of nitrogens with one attached hydrogen (secondary N) is 3. The Balaban J connectivity index is 1.29. The van der Waals surface area contributed by atoms with Gasteiger partial charge in [0.1, 0.15) is 17.7 Å². The van der Waals surface area contributed by atoms with Crippen LogP contribution in [0, 0.1) is 5.41 Å². The van der Waals surface area contributed by atoms with Crippen molar-refractivity contribution in [1.82, 2.24) is 30.6 Å². The topological polar surface area (TPSA) is 166 Å². The normalized spacial score (nSPS) is 19.0. The summed E-state index contributed by atoms with van der Waals surface area (Å²) in [6, 6.07) is 15.2. The number of fused-ring (bicyclic) bond motifs is 2. The smallest absolute Gasteiger partial charge is 0.408 e. The molecule has 3 fully saturated rings. The number of aromatic nitrogens is 2. The molecule has 1 amide bonds. The number of carbonyl (C=O) groups is 4. The van der Waals surface area contributed by atoms with Gasteiger partial charge < -0.3 is 33.7 Å². The number of hydrazine groups is 1. The molecule has 3 aliphatic heterocycles. The van der Waals surface area contributed by atoms with Crippen LogP contribution >= 0.6 is 0 Å². The van der Waals surface area contributed by atoms with Crippen molar-refractivity contribution in [2.24, 2.45) is 5.41 Å². The first-order valence-corrected chi connectivity index (χ1v) is 24.1. The van der Waals surface area contributed by atoms with Crippen LogP contribution in [0.2, 0.25) is 0 Å². The van der Waals surface area contributed by atoms with Gasteiger partial charge in [-0.05, 0) is 114 Å². The fraction of sp³-hybridized carbons (Fsp3) is 0.558. The van der Waals surface area contributed by atoms with Crippen molar-refractivity contribution in [2.75, 3.05) is 51.3 Å². The number of methoxy groups -OCH3 is 1. The standard InChI is InChI=1S/C52H71N7O8/c1-10-59-45-20-19-37(36-16-13-15-35(25-36)26-44(55-50(63)67-51(4,5)6)49(62)66-48(61)43-18-14-21-54-56-43)27-40(45)42(29-52(7,8)32-65-34(3)60)47(59)41-28-39(30-53-46(41)33(2)64-9)58-24-23-57-22-12-11-17-38(57)31-58/h13,15-16,19-20,25,27-28,30,33,38,43-44,54,56H,10-12,14,17-18,21-24,26,29,31-32H2,1-9H3,(H,55,63)/t33-,38+,43?,44-/m0/s1. The van der Waals surface area contributed by atoms with Crippen LogP contribution < -0.4 is 21.1 Å². The van der Waals surface area contributed by atoms with E-state index in [0.29, 0.717) is 32.0 Å². The zero-order valence-corrected chi connectivity index (χ0v) is 41.0. The molecule has 3 aliphatic rings. The lowest BCUT2D eigenvalue weighted by atomic mass is 9.84. The summed E-state index contributed by atoms with van der Waals surface area (Å²) in [4.78, 5) is 62.2. The predicted octanol–water partition coefficient (Wildman–Crippen LogP) is 7.67. The summed E-state index contributed by atoms with van der Waals surface area (Å²) in [5.41, 5.74) is 13.4. The van der Waals surface area contributed by atoms with E-state index < -0.39 is 41.1 Å². The van der Waals surface area contributed by atoms with Gasteiger partial charge in [-0.2, -0.15) is 0 Å². The number of aryl methyl sites for hydroxylation is 1. The Labute approximate surface area is 395 Å². The van der Waals surface area contributed by atoms with Crippen molar-refractivity contribution in [2.45, 2.75) is 137 Å². The van der Waals surface area contributed by atoms with Crippen molar-refractivity contribution in [3.05, 3.63) is 71.5 Å². The molecule has 0 spiro atoms. The number of alkyl carbamates (subject to hydrolysis) is 1. The third-order valence-electron chi connectivity index (χ3n) is 13.1. The number of nitrogens with zero attached hydrogens (tertiary/aromatic N) is 4. The van der Waals surface area contributed by atoms with Crippen LogP contribution in [0.4, 0.5) is 10.5 Å². The molecule has 3 N–H and O–H groups in total. The van der Waals surface area contributed by atoms with Gasteiger partial charge in [0.25, 0.3) is 0 Å². The molecule has 0 saturated carbocycles. The molecule has 0 radical (unpaired) electrons. The van der Waals surface area contributed by atoms with Gasteiger partial charge in [-0.1, -0.05) is 50.6 Å². The second kappa shape index (κ2) is 21.3. The van der Waals surface area contributed by atoms with Crippen LogP contribution in [-0.2, 0) is 52.7 Å². The number of pyridine rings is 1. The lowest BCUT2D eigenvalue weighted by Crippen LogP contribution is -2.54. The van der Waals surface area contributed by atoms with E-state index >= 15 is 0 Å². The molecule has 4 aromatic rings. The third-order valence-corrected chi connectivity index (χ3v) is 13.1. The zero-order chi connectivity index (χ0) is 48.0. The molecule has 362 valence electrons. The number of benzene rings is 2. The number of ether oxygens (including phenoxy) is 4. The molecule has 1 unspecified atom stereocenters. The zero-order valence-electron chi connectivity index (χ0n) is 41.0. The van der Waals surface area contributed by atoms with Crippen molar-refractivity contribution in [3.8, 4) is 22.4 Å². The van der Waals surface area contributed by atoms with Crippen molar-refractivity contribution >= 4 is 40.6 Å². The Bertz CT molecular complexity index is 2420. The molecule has 67 heavy (non-hydrogen) atoms. The minimum atomic E-state index is -1.21. The monoisotopic (exact) mass is 922 g/mol. The number of rotatable bonds is 15. The van der Waals surface area contributed by atoms with Gasteiger partial charge in [-0.25, -0.2) is 19.8 Å². The van der Waals surface area contributed by atoms with E-state index in [4.69, 9.17) is 23.9 Å². The molecular formula is C52H71N7O8. The summed E-state index contributed by atoms with van der Waals surface area (Å²) in [5, 5.41) is 3.73. The van der Waals surface area contributed by atoms with E-state index in [-0.39, 0.29) is 25.1 Å². The highest BCUT2D eigenvalue weighted by molar-refractivity contribution is 5.96. The van der Waals surface area contributed by atoms with E-state index in [0.717, 1.165) is 81.9 Å². The molecule has 5 heterocycles. The Morgan fingerprint density at radius 2 is 1.75 bits per heavy atom. The Hall–Kier alpha value is -5.35. The predicted molar refractivity (Wildman–Crippen MR) is 259 cm³/mol. The summed E-state index contributed by atoms with van der Waals surface area (Å²) in [6.07, 6.45) is 6.57. The summed E-state index contributed by atoms with van der Waals surface area (Å²) >= 11 is 0. The minimum Gasteiger partial charge on any atom is -0.465 e. The first kappa shape index (κ1) is 49.6. The number of piperidine rings is 1. The summed E-state index contributed by atoms with van der Waals surface area (Å²) in [7, 11) is 1.72. The molecule has 4 atom stereocenters. The van der Waals surface area contributed by atoms with Crippen LogP contribution in [-0.4, -0.2) is 109 Å². The molecule has 2 aromatic carbocycles.